The smallest absolute Gasteiger partial charge is 0.244 e. The van der Waals surface area contributed by atoms with Gasteiger partial charge >= 0.3 is 0 Å². The van der Waals surface area contributed by atoms with Gasteiger partial charge in [-0.05, 0) is 65.2 Å². The Labute approximate surface area is 152 Å². The molecule has 4 nitrogen and oxygen atoms in total. The summed E-state index contributed by atoms with van der Waals surface area (Å²) in [6.45, 7) is 6.41. The van der Waals surface area contributed by atoms with Crippen molar-refractivity contribution in [3.05, 3.63) is 58.1 Å². The maximum absolute atomic E-state index is 12.9. The summed E-state index contributed by atoms with van der Waals surface area (Å²) < 4.78 is 28.0. The van der Waals surface area contributed by atoms with Gasteiger partial charge in [0, 0.05) is 36.3 Å². The SMILES string of the molecule is Cc1cccc(N2CCN(S(=O)(=O)c3ccc(C)cc3Br)CC2)c1. The van der Waals surface area contributed by atoms with Crippen LogP contribution in [0.1, 0.15) is 11.1 Å². The van der Waals surface area contributed by atoms with Crippen LogP contribution in [0.2, 0.25) is 0 Å². The highest BCUT2D eigenvalue weighted by molar-refractivity contribution is 9.10. The van der Waals surface area contributed by atoms with Crippen LogP contribution in [0.25, 0.3) is 0 Å². The van der Waals surface area contributed by atoms with Crippen LogP contribution in [0.15, 0.2) is 51.8 Å². The lowest BCUT2D eigenvalue weighted by Gasteiger charge is -2.35. The second-order valence-electron chi connectivity index (χ2n) is 6.16. The van der Waals surface area contributed by atoms with Crippen molar-refractivity contribution in [3.63, 3.8) is 0 Å². The van der Waals surface area contributed by atoms with E-state index in [4.69, 9.17) is 0 Å². The van der Waals surface area contributed by atoms with Gasteiger partial charge in [0.05, 0.1) is 4.90 Å². The fourth-order valence-corrected chi connectivity index (χ4v) is 5.54. The van der Waals surface area contributed by atoms with Gasteiger partial charge in [0.15, 0.2) is 0 Å². The van der Waals surface area contributed by atoms with Crippen LogP contribution in [0.3, 0.4) is 0 Å². The average Bonchev–Trinajstić information content (AvgIpc) is 2.54. The molecule has 1 aliphatic rings. The van der Waals surface area contributed by atoms with E-state index in [0.717, 1.165) is 11.3 Å². The molecule has 2 aromatic rings. The molecule has 1 saturated heterocycles. The fourth-order valence-electron chi connectivity index (χ4n) is 2.97. The first-order valence-corrected chi connectivity index (χ1v) is 10.2. The minimum absolute atomic E-state index is 0.345. The molecule has 0 bridgehead atoms. The van der Waals surface area contributed by atoms with Crippen molar-refractivity contribution in [2.24, 2.45) is 0 Å². The van der Waals surface area contributed by atoms with Crippen molar-refractivity contribution in [2.45, 2.75) is 18.7 Å². The van der Waals surface area contributed by atoms with Crippen LogP contribution in [-0.2, 0) is 10.0 Å². The number of hydrogen-bond acceptors (Lipinski definition) is 3. The van der Waals surface area contributed by atoms with Crippen molar-refractivity contribution in [1.82, 2.24) is 4.31 Å². The Kier molecular flexibility index (Phi) is 4.99. The van der Waals surface area contributed by atoms with Crippen molar-refractivity contribution in [1.29, 1.82) is 0 Å². The van der Waals surface area contributed by atoms with Crippen LogP contribution in [0.4, 0.5) is 5.69 Å². The zero-order valence-corrected chi connectivity index (χ0v) is 16.3. The molecular formula is C18H21BrN2O2S. The molecule has 0 unspecified atom stereocenters. The van der Waals surface area contributed by atoms with Crippen molar-refractivity contribution >= 4 is 31.6 Å². The van der Waals surface area contributed by atoms with E-state index in [1.807, 2.05) is 25.1 Å². The number of halogens is 1. The monoisotopic (exact) mass is 408 g/mol. The molecule has 0 N–H and O–H groups in total. The third-order valence-corrected chi connectivity index (χ3v) is 7.19. The summed E-state index contributed by atoms with van der Waals surface area (Å²) in [6.07, 6.45) is 0. The summed E-state index contributed by atoms with van der Waals surface area (Å²) in [5, 5.41) is 0. The van der Waals surface area contributed by atoms with Gasteiger partial charge < -0.3 is 4.90 Å². The fraction of sp³-hybridized carbons (Fsp3) is 0.333. The molecular weight excluding hydrogens is 388 g/mol. The Morgan fingerprint density at radius 3 is 2.21 bits per heavy atom. The first-order chi connectivity index (χ1) is 11.4. The molecule has 3 rings (SSSR count). The third kappa shape index (κ3) is 3.50. The maximum Gasteiger partial charge on any atom is 0.244 e. The normalized spacial score (nSPS) is 16.4. The molecule has 0 amide bonds. The van der Waals surface area contributed by atoms with Crippen molar-refractivity contribution in [3.8, 4) is 0 Å². The number of rotatable bonds is 3. The predicted octanol–water partition coefficient (Wildman–Crippen LogP) is 3.58. The van der Waals surface area contributed by atoms with E-state index in [1.54, 1.807) is 10.4 Å². The number of nitrogens with zero attached hydrogens (tertiary/aromatic N) is 2. The van der Waals surface area contributed by atoms with Crippen LogP contribution in [0.5, 0.6) is 0 Å². The Morgan fingerprint density at radius 2 is 1.58 bits per heavy atom. The number of anilines is 1. The van der Waals surface area contributed by atoms with Gasteiger partial charge in [-0.15, -0.1) is 0 Å². The molecule has 1 aliphatic heterocycles. The molecule has 0 spiro atoms. The summed E-state index contributed by atoms with van der Waals surface area (Å²) in [6, 6.07) is 13.7. The van der Waals surface area contributed by atoms with Crippen LogP contribution < -0.4 is 4.90 Å². The molecule has 0 saturated carbocycles. The van der Waals surface area contributed by atoms with Crippen LogP contribution in [0, 0.1) is 13.8 Å². The highest BCUT2D eigenvalue weighted by atomic mass is 79.9. The van der Waals surface area contributed by atoms with Gasteiger partial charge in [0.1, 0.15) is 0 Å². The zero-order chi connectivity index (χ0) is 17.3. The van der Waals surface area contributed by atoms with Crippen LogP contribution in [-0.4, -0.2) is 38.9 Å². The molecule has 1 fully saturated rings. The molecule has 2 aromatic carbocycles. The molecule has 0 aromatic heterocycles. The van der Waals surface area contributed by atoms with Gasteiger partial charge in [-0.25, -0.2) is 8.42 Å². The molecule has 6 heteroatoms. The lowest BCUT2D eigenvalue weighted by Crippen LogP contribution is -2.48. The Hall–Kier alpha value is -1.37. The molecule has 0 aliphatic carbocycles. The third-order valence-electron chi connectivity index (χ3n) is 4.31. The Bertz CT molecular complexity index is 844. The molecule has 0 radical (unpaired) electrons. The van der Waals surface area contributed by atoms with E-state index >= 15 is 0 Å². The lowest BCUT2D eigenvalue weighted by molar-refractivity contribution is 0.384. The zero-order valence-electron chi connectivity index (χ0n) is 13.9. The number of aryl methyl sites for hydroxylation is 2. The highest BCUT2D eigenvalue weighted by Crippen LogP contribution is 2.27. The van der Waals surface area contributed by atoms with Crippen LogP contribution >= 0.6 is 15.9 Å². The highest BCUT2D eigenvalue weighted by Gasteiger charge is 2.30. The minimum Gasteiger partial charge on any atom is -0.369 e. The average molecular weight is 409 g/mol. The van der Waals surface area contributed by atoms with E-state index in [9.17, 15) is 8.42 Å². The minimum atomic E-state index is -3.46. The number of benzene rings is 2. The largest absolute Gasteiger partial charge is 0.369 e. The Balaban J connectivity index is 1.76. The van der Waals surface area contributed by atoms with Gasteiger partial charge in [0.25, 0.3) is 0 Å². The first-order valence-electron chi connectivity index (χ1n) is 7.96. The quantitative estimate of drug-likeness (QED) is 0.778. The first kappa shape index (κ1) is 17.5. The number of hydrogen-bond donors (Lipinski definition) is 0. The van der Waals surface area contributed by atoms with Gasteiger partial charge in [-0.1, -0.05) is 18.2 Å². The van der Waals surface area contributed by atoms with Crippen molar-refractivity contribution in [2.75, 3.05) is 31.1 Å². The van der Waals surface area contributed by atoms with Gasteiger partial charge in [-0.3, -0.25) is 0 Å². The van der Waals surface area contributed by atoms with E-state index < -0.39 is 10.0 Å². The molecule has 0 atom stereocenters. The molecule has 24 heavy (non-hydrogen) atoms. The molecule has 128 valence electrons. The second-order valence-corrected chi connectivity index (χ2v) is 8.92. The van der Waals surface area contributed by atoms with E-state index in [2.05, 4.69) is 46.0 Å². The summed E-state index contributed by atoms with van der Waals surface area (Å²) in [5.74, 6) is 0. The summed E-state index contributed by atoms with van der Waals surface area (Å²) in [5.41, 5.74) is 3.40. The lowest BCUT2D eigenvalue weighted by atomic mass is 10.2. The standard InChI is InChI=1S/C18H21BrN2O2S/c1-14-4-3-5-16(12-14)20-8-10-21(11-9-20)24(22,23)18-7-6-15(2)13-17(18)19/h3-7,12-13H,8-11H2,1-2H3. The van der Waals surface area contributed by atoms with Crippen molar-refractivity contribution < 1.29 is 8.42 Å². The summed E-state index contributed by atoms with van der Waals surface area (Å²) in [7, 11) is -3.46. The van der Waals surface area contributed by atoms with E-state index in [1.165, 1.54) is 5.56 Å². The predicted molar refractivity (Wildman–Crippen MR) is 101 cm³/mol. The van der Waals surface area contributed by atoms with E-state index in [-0.39, 0.29) is 0 Å². The molecule has 1 heterocycles. The van der Waals surface area contributed by atoms with E-state index in [0.29, 0.717) is 35.5 Å². The number of piperazine rings is 1. The summed E-state index contributed by atoms with van der Waals surface area (Å²) >= 11 is 3.39. The maximum atomic E-state index is 12.9. The summed E-state index contributed by atoms with van der Waals surface area (Å²) in [4.78, 5) is 2.58. The number of sulfonamides is 1. The second kappa shape index (κ2) is 6.86. The van der Waals surface area contributed by atoms with Gasteiger partial charge in [-0.2, -0.15) is 4.31 Å². The Morgan fingerprint density at radius 1 is 0.917 bits per heavy atom. The van der Waals surface area contributed by atoms with Gasteiger partial charge in [0.2, 0.25) is 10.0 Å². The topological polar surface area (TPSA) is 40.6 Å².